The van der Waals surface area contributed by atoms with Crippen molar-refractivity contribution in [1.29, 1.82) is 0 Å². The van der Waals surface area contributed by atoms with Crippen LogP contribution in [0.2, 0.25) is 0 Å². The molecule has 8 rings (SSSR count). The molecule has 0 spiro atoms. The molecule has 7 heteroatoms. The molecule has 2 unspecified atom stereocenters. The lowest BCUT2D eigenvalue weighted by atomic mass is 9.93. The van der Waals surface area contributed by atoms with E-state index in [0.29, 0.717) is 12.1 Å². The predicted molar refractivity (Wildman–Crippen MR) is 153 cm³/mol. The molecule has 4 aromatic heterocycles. The summed E-state index contributed by atoms with van der Waals surface area (Å²) < 4.78 is 4.54. The van der Waals surface area contributed by atoms with Gasteiger partial charge in [0.05, 0.1) is 35.7 Å². The molecule has 4 heterocycles. The second-order valence-corrected chi connectivity index (χ2v) is 13.1. The van der Waals surface area contributed by atoms with E-state index < -0.39 is 0 Å². The minimum Gasteiger partial charge on any atom is -0.346 e. The lowest BCUT2D eigenvalue weighted by molar-refractivity contribution is 0.281. The third kappa shape index (κ3) is 4.82. The van der Waals surface area contributed by atoms with E-state index in [-0.39, 0.29) is 0 Å². The van der Waals surface area contributed by atoms with Crippen molar-refractivity contribution >= 4 is 11.0 Å². The third-order valence-corrected chi connectivity index (χ3v) is 10.3. The summed E-state index contributed by atoms with van der Waals surface area (Å²) >= 11 is 0. The maximum Gasteiger partial charge on any atom is 0.165 e. The Labute approximate surface area is 230 Å². The Morgan fingerprint density at radius 3 is 1.87 bits per heavy atom. The standard InChI is InChI=1S/C32H41N7/c1-2-6-23(5-1)28(15-21-9-10-21)38-19-25(17-34-38)30-27-13-14-33-32(27)37-31(36-30)26-18-35-39(20-26)29(16-22-11-12-22)24-7-3-4-8-24/h13-14,17-24,28-29H,1-12,15-16H2,(H,33,36,37). The van der Waals surface area contributed by atoms with Gasteiger partial charge in [-0.15, -0.1) is 0 Å². The SMILES string of the molecule is c1cc2c(-c3cnn(C(CC4CC4)C4CCCC4)c3)nc(-c3cnn(C(CC4CC4)C4CCCC4)c3)nc2[nH]1. The second kappa shape index (κ2) is 9.90. The quantitative estimate of drug-likeness (QED) is 0.230. The van der Waals surface area contributed by atoms with Gasteiger partial charge in [0, 0.05) is 29.5 Å². The van der Waals surface area contributed by atoms with E-state index in [1.165, 1.54) is 89.9 Å². The van der Waals surface area contributed by atoms with Gasteiger partial charge in [0.2, 0.25) is 0 Å². The molecule has 4 fully saturated rings. The van der Waals surface area contributed by atoms with Gasteiger partial charge in [0.15, 0.2) is 5.82 Å². The van der Waals surface area contributed by atoms with Crippen LogP contribution in [0.4, 0.5) is 0 Å². The van der Waals surface area contributed by atoms with Crippen LogP contribution in [0.25, 0.3) is 33.7 Å². The molecule has 2 atom stereocenters. The van der Waals surface area contributed by atoms with Crippen molar-refractivity contribution in [3.05, 3.63) is 37.1 Å². The van der Waals surface area contributed by atoms with Gasteiger partial charge < -0.3 is 4.98 Å². The van der Waals surface area contributed by atoms with Gasteiger partial charge in [-0.2, -0.15) is 10.2 Å². The van der Waals surface area contributed by atoms with Crippen LogP contribution in [-0.4, -0.2) is 34.5 Å². The summed E-state index contributed by atoms with van der Waals surface area (Å²) in [5.74, 6) is 4.07. The highest BCUT2D eigenvalue weighted by atomic mass is 15.3. The molecular formula is C32H41N7. The summed E-state index contributed by atoms with van der Waals surface area (Å²) in [6.45, 7) is 0. The first-order chi connectivity index (χ1) is 19.3. The Bertz CT molecular complexity index is 1430. The number of nitrogens with one attached hydrogen (secondary N) is 1. The van der Waals surface area contributed by atoms with E-state index in [9.17, 15) is 0 Å². The lowest BCUT2D eigenvalue weighted by Crippen LogP contribution is -2.18. The smallest absolute Gasteiger partial charge is 0.165 e. The maximum atomic E-state index is 5.16. The lowest BCUT2D eigenvalue weighted by Gasteiger charge is -2.24. The van der Waals surface area contributed by atoms with Gasteiger partial charge in [0.25, 0.3) is 0 Å². The molecular weight excluding hydrogens is 482 g/mol. The van der Waals surface area contributed by atoms with Gasteiger partial charge in [-0.05, 0) is 68.3 Å². The topological polar surface area (TPSA) is 77.2 Å². The molecule has 4 saturated carbocycles. The first-order valence-corrected chi connectivity index (χ1v) is 15.7. The zero-order chi connectivity index (χ0) is 25.8. The molecule has 0 radical (unpaired) electrons. The van der Waals surface area contributed by atoms with Crippen molar-refractivity contribution in [2.24, 2.45) is 23.7 Å². The van der Waals surface area contributed by atoms with Gasteiger partial charge in [-0.25, -0.2) is 9.97 Å². The summed E-state index contributed by atoms with van der Waals surface area (Å²) in [7, 11) is 0. The van der Waals surface area contributed by atoms with E-state index in [1.54, 1.807) is 0 Å². The summed E-state index contributed by atoms with van der Waals surface area (Å²) in [6, 6.07) is 3.13. The fourth-order valence-electron chi connectivity index (χ4n) is 7.67. The summed E-state index contributed by atoms with van der Waals surface area (Å²) in [5, 5.41) is 10.9. The minimum atomic E-state index is 0.514. The van der Waals surface area contributed by atoms with Gasteiger partial charge >= 0.3 is 0 Å². The van der Waals surface area contributed by atoms with E-state index in [1.807, 2.05) is 18.6 Å². The average molecular weight is 524 g/mol. The summed E-state index contributed by atoms with van der Waals surface area (Å²) in [4.78, 5) is 13.5. The van der Waals surface area contributed by atoms with E-state index >= 15 is 0 Å². The third-order valence-electron chi connectivity index (χ3n) is 10.3. The number of fused-ring (bicyclic) bond motifs is 1. The monoisotopic (exact) mass is 523 g/mol. The van der Waals surface area contributed by atoms with Crippen LogP contribution in [0, 0.1) is 23.7 Å². The van der Waals surface area contributed by atoms with Crippen molar-refractivity contribution in [3.8, 4) is 22.6 Å². The molecule has 7 nitrogen and oxygen atoms in total. The molecule has 204 valence electrons. The number of nitrogens with zero attached hydrogens (tertiary/aromatic N) is 6. The van der Waals surface area contributed by atoms with Crippen molar-refractivity contribution < 1.29 is 0 Å². The fourth-order valence-corrected chi connectivity index (χ4v) is 7.67. The van der Waals surface area contributed by atoms with Crippen molar-refractivity contribution in [1.82, 2.24) is 34.5 Å². The highest BCUT2D eigenvalue weighted by molar-refractivity contribution is 5.91. The van der Waals surface area contributed by atoms with Gasteiger partial charge in [0.1, 0.15) is 5.65 Å². The summed E-state index contributed by atoms with van der Waals surface area (Å²) in [5.41, 5.74) is 3.95. The normalized spacial score (nSPS) is 22.3. The van der Waals surface area contributed by atoms with Crippen LogP contribution >= 0.6 is 0 Å². The Hall–Kier alpha value is -2.96. The molecule has 4 aliphatic carbocycles. The minimum absolute atomic E-state index is 0.514. The van der Waals surface area contributed by atoms with E-state index in [0.717, 1.165) is 57.4 Å². The number of aromatic amines is 1. The molecule has 4 aliphatic rings. The maximum absolute atomic E-state index is 5.16. The zero-order valence-corrected chi connectivity index (χ0v) is 23.0. The summed E-state index contributed by atoms with van der Waals surface area (Å²) in [6.07, 6.45) is 29.4. The van der Waals surface area contributed by atoms with Crippen molar-refractivity contribution in [2.45, 2.75) is 102 Å². The van der Waals surface area contributed by atoms with Crippen LogP contribution in [-0.2, 0) is 0 Å². The first-order valence-electron chi connectivity index (χ1n) is 15.7. The molecule has 39 heavy (non-hydrogen) atoms. The largest absolute Gasteiger partial charge is 0.346 e. The van der Waals surface area contributed by atoms with E-state index in [2.05, 4.69) is 32.8 Å². The fraction of sp³-hybridized carbons (Fsp3) is 0.625. The molecule has 0 bridgehead atoms. The Morgan fingerprint density at radius 1 is 0.718 bits per heavy atom. The zero-order valence-electron chi connectivity index (χ0n) is 23.0. The Kier molecular flexibility index (Phi) is 6.06. The first kappa shape index (κ1) is 23.9. The second-order valence-electron chi connectivity index (χ2n) is 13.1. The number of H-pyrrole nitrogens is 1. The number of rotatable bonds is 10. The number of hydrogen-bond acceptors (Lipinski definition) is 4. The average Bonchev–Trinajstić information content (AvgIpc) is 3.53. The van der Waals surface area contributed by atoms with Crippen molar-refractivity contribution in [3.63, 3.8) is 0 Å². The molecule has 4 aromatic rings. The Balaban J connectivity index is 1.12. The highest BCUT2D eigenvalue weighted by Crippen LogP contribution is 2.45. The van der Waals surface area contributed by atoms with Crippen LogP contribution in [0.1, 0.15) is 102 Å². The van der Waals surface area contributed by atoms with Gasteiger partial charge in [-0.3, -0.25) is 9.36 Å². The highest BCUT2D eigenvalue weighted by Gasteiger charge is 2.34. The molecule has 1 N–H and O–H groups in total. The molecule has 0 aromatic carbocycles. The Morgan fingerprint density at radius 2 is 1.28 bits per heavy atom. The van der Waals surface area contributed by atoms with E-state index in [4.69, 9.17) is 20.2 Å². The molecule has 0 saturated heterocycles. The predicted octanol–water partition coefficient (Wildman–Crippen LogP) is 7.75. The van der Waals surface area contributed by atoms with Crippen LogP contribution in [0.5, 0.6) is 0 Å². The van der Waals surface area contributed by atoms with Crippen molar-refractivity contribution in [2.75, 3.05) is 0 Å². The van der Waals surface area contributed by atoms with Gasteiger partial charge in [-0.1, -0.05) is 51.4 Å². The molecule has 0 aliphatic heterocycles. The van der Waals surface area contributed by atoms with Crippen LogP contribution < -0.4 is 0 Å². The molecule has 0 amide bonds. The number of aromatic nitrogens is 7. The van der Waals surface area contributed by atoms with Crippen LogP contribution in [0.3, 0.4) is 0 Å². The van der Waals surface area contributed by atoms with Crippen LogP contribution in [0.15, 0.2) is 37.1 Å². The number of hydrogen-bond donors (Lipinski definition) is 1.